The molecule has 0 aliphatic carbocycles. The summed E-state index contributed by atoms with van der Waals surface area (Å²) in [5, 5.41) is 12.3. The van der Waals surface area contributed by atoms with Crippen molar-refractivity contribution in [1.29, 1.82) is 0 Å². The number of carbonyl (C=O) groups is 1. The number of tetrazole rings is 1. The monoisotopic (exact) mass is 312 g/mol. The maximum absolute atomic E-state index is 12.1. The Hall–Kier alpha value is -2.53. The lowest BCUT2D eigenvalue weighted by molar-refractivity contribution is 0.0982. The molecule has 0 N–H and O–H groups in total. The fourth-order valence-electron chi connectivity index (χ4n) is 2.16. The van der Waals surface area contributed by atoms with Crippen molar-refractivity contribution in [1.82, 2.24) is 20.2 Å². The van der Waals surface area contributed by atoms with E-state index >= 15 is 0 Å². The standard InChI is InChI=1S/C16H13ClN4O/c17-13-7-4-8-14(11-13)21-16(18-19-20-21)10-9-15(22)12-5-2-1-3-6-12/h1-8,11H,9-10H2. The molecule has 0 spiro atoms. The number of rotatable bonds is 5. The van der Waals surface area contributed by atoms with Gasteiger partial charge in [0.25, 0.3) is 0 Å². The Morgan fingerprint density at radius 2 is 1.91 bits per heavy atom. The summed E-state index contributed by atoms with van der Waals surface area (Å²) >= 11 is 5.99. The average Bonchev–Trinajstić information content (AvgIpc) is 3.02. The van der Waals surface area contributed by atoms with Gasteiger partial charge >= 0.3 is 0 Å². The second-order valence-electron chi connectivity index (χ2n) is 4.78. The smallest absolute Gasteiger partial charge is 0.163 e. The van der Waals surface area contributed by atoms with E-state index in [0.717, 1.165) is 5.69 Å². The molecule has 0 atom stereocenters. The van der Waals surface area contributed by atoms with Gasteiger partial charge in [-0.3, -0.25) is 4.79 Å². The first-order valence-corrected chi connectivity index (χ1v) is 7.23. The van der Waals surface area contributed by atoms with E-state index in [1.165, 1.54) is 0 Å². The average molecular weight is 313 g/mol. The van der Waals surface area contributed by atoms with Crippen molar-refractivity contribution in [2.45, 2.75) is 12.8 Å². The number of hydrogen-bond donors (Lipinski definition) is 0. The van der Waals surface area contributed by atoms with Gasteiger partial charge in [0.05, 0.1) is 5.69 Å². The first kappa shape index (κ1) is 14.4. The molecule has 2 aromatic carbocycles. The largest absolute Gasteiger partial charge is 0.294 e. The van der Waals surface area contributed by atoms with Crippen LogP contribution in [0.2, 0.25) is 5.02 Å². The maximum Gasteiger partial charge on any atom is 0.163 e. The van der Waals surface area contributed by atoms with Crippen LogP contribution < -0.4 is 0 Å². The minimum atomic E-state index is 0.0706. The Bertz CT molecular complexity index is 786. The molecular weight excluding hydrogens is 300 g/mol. The number of ketones is 1. The Morgan fingerprint density at radius 3 is 2.68 bits per heavy atom. The molecule has 0 aliphatic rings. The SMILES string of the molecule is O=C(CCc1nnnn1-c1cccc(Cl)c1)c1ccccc1. The zero-order chi connectivity index (χ0) is 15.4. The topological polar surface area (TPSA) is 60.7 Å². The molecule has 0 aliphatic heterocycles. The van der Waals surface area contributed by atoms with E-state index < -0.39 is 0 Å². The fourth-order valence-corrected chi connectivity index (χ4v) is 2.35. The van der Waals surface area contributed by atoms with Crippen LogP contribution in [0.5, 0.6) is 0 Å². The van der Waals surface area contributed by atoms with Gasteiger partial charge in [-0.15, -0.1) is 5.10 Å². The predicted molar refractivity (Wildman–Crippen MR) is 83.3 cm³/mol. The van der Waals surface area contributed by atoms with Crippen molar-refractivity contribution in [2.24, 2.45) is 0 Å². The molecule has 1 heterocycles. The van der Waals surface area contributed by atoms with Crippen molar-refractivity contribution in [3.05, 3.63) is 71.0 Å². The van der Waals surface area contributed by atoms with Gasteiger partial charge in [-0.05, 0) is 28.6 Å². The van der Waals surface area contributed by atoms with E-state index in [0.29, 0.717) is 29.3 Å². The quantitative estimate of drug-likeness (QED) is 0.679. The van der Waals surface area contributed by atoms with Crippen LogP contribution in [0.25, 0.3) is 5.69 Å². The van der Waals surface area contributed by atoms with Crippen LogP contribution in [0.1, 0.15) is 22.6 Å². The highest BCUT2D eigenvalue weighted by atomic mass is 35.5. The lowest BCUT2D eigenvalue weighted by Gasteiger charge is -2.05. The summed E-state index contributed by atoms with van der Waals surface area (Å²) in [5.41, 5.74) is 1.48. The molecule has 0 unspecified atom stereocenters. The summed E-state index contributed by atoms with van der Waals surface area (Å²) in [6, 6.07) is 16.5. The molecule has 110 valence electrons. The van der Waals surface area contributed by atoms with Crippen LogP contribution in [0, 0.1) is 0 Å². The minimum absolute atomic E-state index is 0.0706. The van der Waals surface area contributed by atoms with Gasteiger partial charge in [0.15, 0.2) is 11.6 Å². The second-order valence-corrected chi connectivity index (χ2v) is 5.21. The molecule has 22 heavy (non-hydrogen) atoms. The van der Waals surface area contributed by atoms with E-state index in [9.17, 15) is 4.79 Å². The van der Waals surface area contributed by atoms with Crippen molar-refractivity contribution < 1.29 is 4.79 Å². The fraction of sp³-hybridized carbons (Fsp3) is 0.125. The number of nitrogens with zero attached hydrogens (tertiary/aromatic N) is 4. The molecule has 0 fully saturated rings. The lowest BCUT2D eigenvalue weighted by atomic mass is 10.1. The van der Waals surface area contributed by atoms with Gasteiger partial charge < -0.3 is 0 Å². The van der Waals surface area contributed by atoms with Gasteiger partial charge in [0, 0.05) is 23.4 Å². The highest BCUT2D eigenvalue weighted by Crippen LogP contribution is 2.15. The van der Waals surface area contributed by atoms with Crippen molar-refractivity contribution >= 4 is 17.4 Å². The first-order valence-electron chi connectivity index (χ1n) is 6.85. The van der Waals surface area contributed by atoms with Crippen LogP contribution in [-0.4, -0.2) is 26.0 Å². The Kier molecular flexibility index (Phi) is 4.25. The summed E-state index contributed by atoms with van der Waals surface area (Å²) in [5.74, 6) is 0.702. The zero-order valence-electron chi connectivity index (χ0n) is 11.7. The number of hydrogen-bond acceptors (Lipinski definition) is 4. The maximum atomic E-state index is 12.1. The van der Waals surface area contributed by atoms with Crippen molar-refractivity contribution in [2.75, 3.05) is 0 Å². The van der Waals surface area contributed by atoms with Crippen LogP contribution in [0.15, 0.2) is 54.6 Å². The number of benzene rings is 2. The molecule has 0 radical (unpaired) electrons. The minimum Gasteiger partial charge on any atom is -0.294 e. The molecule has 1 aromatic heterocycles. The van der Waals surface area contributed by atoms with Crippen LogP contribution in [0.3, 0.4) is 0 Å². The Labute approximate surface area is 132 Å². The van der Waals surface area contributed by atoms with Crippen molar-refractivity contribution in [3.63, 3.8) is 0 Å². The molecule has 0 amide bonds. The first-order chi connectivity index (χ1) is 10.7. The molecule has 3 rings (SSSR count). The van der Waals surface area contributed by atoms with Gasteiger partial charge in [0.1, 0.15) is 0 Å². The zero-order valence-corrected chi connectivity index (χ0v) is 12.4. The van der Waals surface area contributed by atoms with Crippen molar-refractivity contribution in [3.8, 4) is 5.69 Å². The third-order valence-corrected chi connectivity index (χ3v) is 3.49. The normalized spacial score (nSPS) is 10.6. The molecule has 0 saturated carbocycles. The van der Waals surface area contributed by atoms with E-state index in [4.69, 9.17) is 11.6 Å². The Morgan fingerprint density at radius 1 is 1.09 bits per heavy atom. The van der Waals surface area contributed by atoms with Gasteiger partial charge in [-0.25, -0.2) is 0 Å². The molecule has 6 heteroatoms. The van der Waals surface area contributed by atoms with Gasteiger partial charge in [-0.2, -0.15) is 4.68 Å². The van der Waals surface area contributed by atoms with E-state index in [-0.39, 0.29) is 5.78 Å². The van der Waals surface area contributed by atoms with E-state index in [1.807, 2.05) is 42.5 Å². The second kappa shape index (κ2) is 6.49. The third-order valence-electron chi connectivity index (χ3n) is 3.26. The molecule has 3 aromatic rings. The number of carbonyl (C=O) groups excluding carboxylic acids is 1. The highest BCUT2D eigenvalue weighted by molar-refractivity contribution is 6.30. The summed E-state index contributed by atoms with van der Waals surface area (Å²) in [4.78, 5) is 12.1. The number of aryl methyl sites for hydroxylation is 1. The van der Waals surface area contributed by atoms with E-state index in [2.05, 4.69) is 15.5 Å². The van der Waals surface area contributed by atoms with Gasteiger partial charge in [0.2, 0.25) is 0 Å². The van der Waals surface area contributed by atoms with E-state index in [1.54, 1.807) is 16.8 Å². The number of Topliss-reactive ketones (excluding diaryl/α,β-unsaturated/α-hetero) is 1. The summed E-state index contributed by atoms with van der Waals surface area (Å²) in [7, 11) is 0. The van der Waals surface area contributed by atoms with Crippen LogP contribution in [-0.2, 0) is 6.42 Å². The summed E-state index contributed by atoms with van der Waals surface area (Å²) < 4.78 is 1.60. The third kappa shape index (κ3) is 3.20. The molecular formula is C16H13ClN4O. The Balaban J connectivity index is 1.75. The molecule has 0 saturated heterocycles. The summed E-state index contributed by atoms with van der Waals surface area (Å²) in [6.07, 6.45) is 0.818. The summed E-state index contributed by atoms with van der Waals surface area (Å²) in [6.45, 7) is 0. The van der Waals surface area contributed by atoms with Gasteiger partial charge in [-0.1, -0.05) is 48.0 Å². The van der Waals surface area contributed by atoms with Crippen LogP contribution >= 0.6 is 11.6 Å². The molecule has 0 bridgehead atoms. The number of halogens is 1. The highest BCUT2D eigenvalue weighted by Gasteiger charge is 2.12. The molecule has 5 nitrogen and oxygen atoms in total. The van der Waals surface area contributed by atoms with Crippen LogP contribution in [0.4, 0.5) is 0 Å². The lowest BCUT2D eigenvalue weighted by Crippen LogP contribution is -2.07. The number of aromatic nitrogens is 4. The predicted octanol–water partition coefficient (Wildman–Crippen LogP) is 3.13.